The van der Waals surface area contributed by atoms with Gasteiger partial charge in [0.25, 0.3) is 0 Å². The van der Waals surface area contributed by atoms with Gasteiger partial charge in [0.2, 0.25) is 0 Å². The van der Waals surface area contributed by atoms with Crippen LogP contribution in [0.1, 0.15) is 45.0 Å². The quantitative estimate of drug-likeness (QED) is 0.821. The molecule has 1 aliphatic carbocycles. The zero-order valence-corrected chi connectivity index (χ0v) is 13.7. The van der Waals surface area contributed by atoms with Gasteiger partial charge in [-0.05, 0) is 26.5 Å². The number of nitrogens with two attached hydrogens (primary N) is 1. The van der Waals surface area contributed by atoms with Crippen LogP contribution in [-0.4, -0.2) is 28.5 Å². The Labute approximate surface area is 132 Å². The predicted octanol–water partition coefficient (Wildman–Crippen LogP) is 2.74. The third-order valence-corrected chi connectivity index (χ3v) is 3.69. The molecular weight excluding hydrogens is 274 g/mol. The maximum atomic E-state index is 6.30. The lowest BCUT2D eigenvalue weighted by Gasteiger charge is -2.10. The molecule has 1 aliphatic rings. The standard InChI is InChI=1S/C17H25N5/c1-5-19-14(4)20-10-13(3)17(18)22-11-21-16-12(2)8-6-7-9-15(16)22/h6-12,14,19H,5,18H2,1-4H3/b17-13+,20-10-/t12-,14-/m0/s1. The second-order valence-corrected chi connectivity index (χ2v) is 5.50. The Bertz CT molecular complexity index is 633. The molecule has 1 heterocycles. The van der Waals surface area contributed by atoms with Crippen LogP contribution >= 0.6 is 0 Å². The molecule has 0 aliphatic heterocycles. The summed E-state index contributed by atoms with van der Waals surface area (Å²) in [6, 6.07) is 0. The van der Waals surface area contributed by atoms with Crippen molar-refractivity contribution in [2.45, 2.75) is 39.8 Å². The second-order valence-electron chi connectivity index (χ2n) is 5.50. The van der Waals surface area contributed by atoms with Crippen molar-refractivity contribution in [1.29, 1.82) is 0 Å². The summed E-state index contributed by atoms with van der Waals surface area (Å²) in [5, 5.41) is 3.24. The largest absolute Gasteiger partial charge is 0.385 e. The second kappa shape index (κ2) is 7.22. The van der Waals surface area contributed by atoms with Crippen LogP contribution in [0.15, 0.2) is 35.1 Å². The van der Waals surface area contributed by atoms with Gasteiger partial charge in [0, 0.05) is 17.7 Å². The molecule has 118 valence electrons. The Kier molecular flexibility index (Phi) is 5.33. The van der Waals surface area contributed by atoms with E-state index in [1.165, 1.54) is 0 Å². The molecule has 0 radical (unpaired) electrons. The maximum Gasteiger partial charge on any atom is 0.113 e. The Balaban J connectivity index is 2.30. The zero-order valence-electron chi connectivity index (χ0n) is 13.7. The van der Waals surface area contributed by atoms with Gasteiger partial charge in [0.15, 0.2) is 0 Å². The number of fused-ring (bicyclic) bond motifs is 1. The number of imidazole rings is 1. The summed E-state index contributed by atoms with van der Waals surface area (Å²) >= 11 is 0. The van der Waals surface area contributed by atoms with E-state index < -0.39 is 0 Å². The van der Waals surface area contributed by atoms with Crippen molar-refractivity contribution in [3.8, 4) is 0 Å². The van der Waals surface area contributed by atoms with E-state index in [4.69, 9.17) is 5.73 Å². The molecule has 2 atom stereocenters. The molecular formula is C17H25N5. The van der Waals surface area contributed by atoms with Crippen molar-refractivity contribution in [3.05, 3.63) is 41.5 Å². The van der Waals surface area contributed by atoms with E-state index >= 15 is 0 Å². The summed E-state index contributed by atoms with van der Waals surface area (Å²) in [4.78, 5) is 8.97. The molecule has 0 bridgehead atoms. The first kappa shape index (κ1) is 16.2. The van der Waals surface area contributed by atoms with Gasteiger partial charge < -0.3 is 5.73 Å². The molecule has 2 rings (SSSR count). The molecule has 1 aromatic rings. The number of nitrogens with zero attached hydrogens (tertiary/aromatic N) is 3. The zero-order chi connectivity index (χ0) is 16.1. The first-order valence-electron chi connectivity index (χ1n) is 7.70. The minimum atomic E-state index is 0.0803. The minimum Gasteiger partial charge on any atom is -0.385 e. The molecule has 22 heavy (non-hydrogen) atoms. The fraction of sp³-hybridized carbons (Fsp3) is 0.412. The van der Waals surface area contributed by atoms with E-state index in [-0.39, 0.29) is 12.1 Å². The number of hydrogen-bond acceptors (Lipinski definition) is 4. The highest BCUT2D eigenvalue weighted by Gasteiger charge is 2.16. The van der Waals surface area contributed by atoms with Crippen LogP contribution in [0.5, 0.6) is 0 Å². The number of aromatic nitrogens is 2. The Morgan fingerprint density at radius 3 is 3.05 bits per heavy atom. The molecule has 0 amide bonds. The molecule has 0 unspecified atom stereocenters. The fourth-order valence-electron chi connectivity index (χ4n) is 2.38. The van der Waals surface area contributed by atoms with Gasteiger partial charge in [-0.2, -0.15) is 0 Å². The van der Waals surface area contributed by atoms with Gasteiger partial charge in [-0.25, -0.2) is 4.98 Å². The third-order valence-electron chi connectivity index (χ3n) is 3.69. The highest BCUT2D eigenvalue weighted by atomic mass is 15.1. The van der Waals surface area contributed by atoms with Crippen LogP contribution in [0.25, 0.3) is 11.9 Å². The molecule has 0 saturated heterocycles. The molecule has 1 aromatic heterocycles. The maximum absolute atomic E-state index is 6.30. The Hall–Kier alpha value is -2.14. The molecule has 0 aromatic carbocycles. The van der Waals surface area contributed by atoms with E-state index in [1.807, 2.05) is 42.9 Å². The molecule has 5 nitrogen and oxygen atoms in total. The van der Waals surface area contributed by atoms with Crippen LogP contribution < -0.4 is 11.1 Å². The predicted molar refractivity (Wildman–Crippen MR) is 93.5 cm³/mol. The number of rotatable bonds is 5. The van der Waals surface area contributed by atoms with Crippen molar-refractivity contribution >= 4 is 18.1 Å². The van der Waals surface area contributed by atoms with Gasteiger partial charge in [-0.1, -0.05) is 32.1 Å². The smallest absolute Gasteiger partial charge is 0.113 e. The van der Waals surface area contributed by atoms with E-state index in [2.05, 4.69) is 35.2 Å². The van der Waals surface area contributed by atoms with Gasteiger partial charge in [0.05, 0.1) is 17.6 Å². The molecule has 3 N–H and O–H groups in total. The summed E-state index contributed by atoms with van der Waals surface area (Å²) in [6.45, 7) is 9.06. The minimum absolute atomic E-state index is 0.0803. The van der Waals surface area contributed by atoms with Gasteiger partial charge in [-0.3, -0.25) is 14.9 Å². The highest BCUT2D eigenvalue weighted by Crippen LogP contribution is 2.25. The van der Waals surface area contributed by atoms with E-state index in [1.54, 1.807) is 6.33 Å². The van der Waals surface area contributed by atoms with Crippen molar-refractivity contribution in [2.24, 2.45) is 10.7 Å². The SMILES string of the molecule is CCN[C@H](C)/N=C\C(C)=C(/N)n1cnc2c1C=CC=C[C@@H]2C. The molecule has 5 heteroatoms. The van der Waals surface area contributed by atoms with Crippen molar-refractivity contribution in [1.82, 2.24) is 14.9 Å². The normalized spacial score (nSPS) is 19.9. The van der Waals surface area contributed by atoms with Crippen molar-refractivity contribution < 1.29 is 0 Å². The summed E-state index contributed by atoms with van der Waals surface area (Å²) in [7, 11) is 0. The molecule has 0 fully saturated rings. The first-order valence-corrected chi connectivity index (χ1v) is 7.70. The number of nitrogens with one attached hydrogen (secondary N) is 1. The summed E-state index contributed by atoms with van der Waals surface area (Å²) < 4.78 is 1.93. The lowest BCUT2D eigenvalue weighted by atomic mass is 10.1. The van der Waals surface area contributed by atoms with Crippen LogP contribution in [0, 0.1) is 0 Å². The third kappa shape index (κ3) is 3.54. The van der Waals surface area contributed by atoms with E-state index in [0.29, 0.717) is 5.82 Å². The van der Waals surface area contributed by atoms with Crippen LogP contribution in [0.2, 0.25) is 0 Å². The van der Waals surface area contributed by atoms with Gasteiger partial charge >= 0.3 is 0 Å². The molecule has 0 spiro atoms. The fourth-order valence-corrected chi connectivity index (χ4v) is 2.38. The van der Waals surface area contributed by atoms with Gasteiger partial charge in [0.1, 0.15) is 12.1 Å². The average molecular weight is 299 g/mol. The lowest BCUT2D eigenvalue weighted by Crippen LogP contribution is -2.23. The topological polar surface area (TPSA) is 68.2 Å². The summed E-state index contributed by atoms with van der Waals surface area (Å²) in [5.74, 6) is 0.932. The van der Waals surface area contributed by atoms with Crippen molar-refractivity contribution in [2.75, 3.05) is 6.54 Å². The van der Waals surface area contributed by atoms with Crippen LogP contribution in [0.4, 0.5) is 0 Å². The molecule has 0 saturated carbocycles. The Morgan fingerprint density at radius 2 is 2.32 bits per heavy atom. The Morgan fingerprint density at radius 1 is 1.55 bits per heavy atom. The number of hydrogen-bond donors (Lipinski definition) is 2. The average Bonchev–Trinajstić information content (AvgIpc) is 2.84. The van der Waals surface area contributed by atoms with Crippen LogP contribution in [-0.2, 0) is 0 Å². The monoisotopic (exact) mass is 299 g/mol. The number of aliphatic imine (C=N–C) groups is 1. The lowest BCUT2D eigenvalue weighted by molar-refractivity contribution is 0.593. The summed E-state index contributed by atoms with van der Waals surface area (Å²) in [6.07, 6.45) is 11.9. The van der Waals surface area contributed by atoms with E-state index in [9.17, 15) is 0 Å². The van der Waals surface area contributed by atoms with Gasteiger partial charge in [-0.15, -0.1) is 0 Å². The highest BCUT2D eigenvalue weighted by molar-refractivity contribution is 5.85. The van der Waals surface area contributed by atoms with E-state index in [0.717, 1.165) is 23.5 Å². The number of allylic oxidation sites excluding steroid dienone is 4. The van der Waals surface area contributed by atoms with Crippen LogP contribution in [0.3, 0.4) is 0 Å². The first-order chi connectivity index (χ1) is 10.5. The van der Waals surface area contributed by atoms with Crippen molar-refractivity contribution in [3.63, 3.8) is 0 Å². The summed E-state index contributed by atoms with van der Waals surface area (Å²) in [5.41, 5.74) is 9.29.